The lowest BCUT2D eigenvalue weighted by atomic mass is 10.1. The second-order valence-electron chi connectivity index (χ2n) is 8.74. The zero-order valence-corrected chi connectivity index (χ0v) is 20.5. The van der Waals surface area contributed by atoms with Crippen LogP contribution in [0.5, 0.6) is 5.75 Å². The summed E-state index contributed by atoms with van der Waals surface area (Å²) >= 11 is 0. The maximum Gasteiger partial charge on any atom is 0.243 e. The summed E-state index contributed by atoms with van der Waals surface area (Å²) in [4.78, 5) is 15.5. The number of benzene rings is 2. The van der Waals surface area contributed by atoms with E-state index in [4.69, 9.17) is 13.9 Å². The highest BCUT2D eigenvalue weighted by atomic mass is 32.2. The molecule has 0 spiro atoms. The molecule has 1 amide bonds. The summed E-state index contributed by atoms with van der Waals surface area (Å²) in [6.45, 7) is 3.12. The van der Waals surface area contributed by atoms with E-state index in [0.717, 1.165) is 42.6 Å². The molecule has 2 fully saturated rings. The second-order valence-corrected chi connectivity index (χ2v) is 10.7. The molecule has 186 valence electrons. The summed E-state index contributed by atoms with van der Waals surface area (Å²) in [6.07, 6.45) is 3.79. The number of fused-ring (bicyclic) bond motifs is 1. The van der Waals surface area contributed by atoms with Crippen LogP contribution in [-0.2, 0) is 26.0 Å². The quantitative estimate of drug-likeness (QED) is 0.533. The molecule has 0 saturated carbocycles. The van der Waals surface area contributed by atoms with Crippen LogP contribution in [0, 0.1) is 0 Å². The van der Waals surface area contributed by atoms with E-state index in [1.807, 2.05) is 12.1 Å². The molecule has 0 bridgehead atoms. The average molecular weight is 500 g/mol. The van der Waals surface area contributed by atoms with Gasteiger partial charge in [0, 0.05) is 43.2 Å². The molecule has 3 heterocycles. The van der Waals surface area contributed by atoms with Gasteiger partial charge in [-0.15, -0.1) is 0 Å². The predicted octanol–water partition coefficient (Wildman–Crippen LogP) is 3.24. The number of hydrogen-bond donors (Lipinski definition) is 1. The summed E-state index contributed by atoms with van der Waals surface area (Å²) in [6, 6.07) is 10.5. The number of morpholine rings is 1. The maximum atomic E-state index is 13.2. The molecule has 1 N–H and O–H groups in total. The number of methoxy groups -OCH3 is 1. The highest BCUT2D eigenvalue weighted by molar-refractivity contribution is 7.89. The predicted molar refractivity (Wildman–Crippen MR) is 133 cm³/mol. The molecule has 1 aromatic heterocycles. The Morgan fingerprint density at radius 2 is 1.83 bits per heavy atom. The van der Waals surface area contributed by atoms with Gasteiger partial charge in [0.15, 0.2) is 0 Å². The Morgan fingerprint density at radius 3 is 2.57 bits per heavy atom. The van der Waals surface area contributed by atoms with Crippen molar-refractivity contribution in [3.63, 3.8) is 0 Å². The van der Waals surface area contributed by atoms with E-state index >= 15 is 0 Å². The lowest BCUT2D eigenvalue weighted by molar-refractivity contribution is -0.115. The van der Waals surface area contributed by atoms with Crippen molar-refractivity contribution >= 4 is 38.3 Å². The topological polar surface area (TPSA) is 101 Å². The molecule has 2 saturated heterocycles. The molecule has 0 radical (unpaired) electrons. The first-order valence-electron chi connectivity index (χ1n) is 11.8. The molecule has 0 atom stereocenters. The van der Waals surface area contributed by atoms with Crippen molar-refractivity contribution in [1.82, 2.24) is 4.31 Å². The van der Waals surface area contributed by atoms with Gasteiger partial charge in [0.25, 0.3) is 0 Å². The van der Waals surface area contributed by atoms with Gasteiger partial charge in [-0.1, -0.05) is 0 Å². The number of nitrogens with one attached hydrogen (secondary N) is 1. The van der Waals surface area contributed by atoms with Crippen molar-refractivity contribution in [2.75, 3.05) is 56.7 Å². The van der Waals surface area contributed by atoms with Crippen LogP contribution in [0.25, 0.3) is 11.0 Å². The van der Waals surface area contributed by atoms with Crippen molar-refractivity contribution in [2.45, 2.75) is 24.2 Å². The normalized spacial score (nSPS) is 17.1. The fourth-order valence-corrected chi connectivity index (χ4v) is 6.08. The number of carbonyl (C=O) groups is 1. The number of rotatable bonds is 7. The third-order valence-corrected chi connectivity index (χ3v) is 8.41. The number of nitrogens with zero attached hydrogens (tertiary/aromatic N) is 2. The van der Waals surface area contributed by atoms with E-state index in [1.54, 1.807) is 37.6 Å². The first-order chi connectivity index (χ1) is 17.0. The van der Waals surface area contributed by atoms with Crippen LogP contribution in [-0.4, -0.2) is 65.1 Å². The molecule has 9 nitrogen and oxygen atoms in total. The number of amides is 1. The molecule has 2 aliphatic heterocycles. The molecule has 3 aromatic rings. The summed E-state index contributed by atoms with van der Waals surface area (Å²) in [5.74, 6) is 0.432. The monoisotopic (exact) mass is 499 g/mol. The Hall–Kier alpha value is -3.08. The maximum absolute atomic E-state index is 13.2. The second kappa shape index (κ2) is 9.88. The largest absolute Gasteiger partial charge is 0.497 e. The van der Waals surface area contributed by atoms with Crippen LogP contribution in [0.15, 0.2) is 52.0 Å². The van der Waals surface area contributed by atoms with Crippen molar-refractivity contribution < 1.29 is 27.1 Å². The summed E-state index contributed by atoms with van der Waals surface area (Å²) in [5, 5.41) is 3.81. The Bertz CT molecular complexity index is 1320. The van der Waals surface area contributed by atoms with E-state index < -0.39 is 10.0 Å². The lowest BCUT2D eigenvalue weighted by Crippen LogP contribution is -2.40. The highest BCUT2D eigenvalue weighted by Gasteiger charge is 2.28. The number of anilines is 2. The molecular formula is C25H29N3O6S. The van der Waals surface area contributed by atoms with Crippen LogP contribution in [0.2, 0.25) is 0 Å². The number of ether oxygens (including phenoxy) is 2. The average Bonchev–Trinajstić information content (AvgIpc) is 3.55. The van der Waals surface area contributed by atoms with Crippen LogP contribution in [0.3, 0.4) is 0 Å². The molecule has 2 aromatic carbocycles. The molecule has 0 unspecified atom stereocenters. The Labute approximate surface area is 204 Å². The first kappa shape index (κ1) is 23.7. The third kappa shape index (κ3) is 4.86. The molecule has 2 aliphatic rings. The standard InChI is InChI=1S/C25H29N3O6S/c1-32-19-4-6-21-18(17-34-24(21)15-19)14-25(29)26-22-16-20(5-7-23(22)27-8-2-3-9-27)35(30,31)28-10-12-33-13-11-28/h4-7,15-17H,2-3,8-14H2,1H3,(H,26,29). The number of sulfonamides is 1. The lowest BCUT2D eigenvalue weighted by Gasteiger charge is -2.27. The summed E-state index contributed by atoms with van der Waals surface area (Å²) < 4.78 is 44.0. The minimum atomic E-state index is -3.69. The van der Waals surface area contributed by atoms with Gasteiger partial charge >= 0.3 is 0 Å². The molecule has 35 heavy (non-hydrogen) atoms. The van der Waals surface area contributed by atoms with Crippen LogP contribution in [0.1, 0.15) is 18.4 Å². The van der Waals surface area contributed by atoms with Crippen molar-refractivity contribution in [1.29, 1.82) is 0 Å². The van der Waals surface area contributed by atoms with Gasteiger partial charge in [-0.25, -0.2) is 8.42 Å². The first-order valence-corrected chi connectivity index (χ1v) is 13.2. The fourth-order valence-electron chi connectivity index (χ4n) is 4.64. The Morgan fingerprint density at radius 1 is 1.06 bits per heavy atom. The molecule has 0 aliphatic carbocycles. The van der Waals surface area contributed by atoms with E-state index in [1.165, 1.54) is 4.31 Å². The van der Waals surface area contributed by atoms with Gasteiger partial charge in [-0.3, -0.25) is 4.79 Å². The Balaban J connectivity index is 1.42. The SMILES string of the molecule is COc1ccc2c(CC(=O)Nc3cc(S(=O)(=O)N4CCOCC4)ccc3N3CCCC3)coc2c1. The summed E-state index contributed by atoms with van der Waals surface area (Å²) in [5.41, 5.74) is 2.72. The molecular weight excluding hydrogens is 470 g/mol. The van der Waals surface area contributed by atoms with Gasteiger partial charge in [0.05, 0.1) is 49.3 Å². The highest BCUT2D eigenvalue weighted by Crippen LogP contribution is 2.33. The third-order valence-electron chi connectivity index (χ3n) is 6.51. The Kier molecular flexibility index (Phi) is 6.68. The van der Waals surface area contributed by atoms with E-state index in [0.29, 0.717) is 43.3 Å². The number of carbonyl (C=O) groups excluding carboxylic acids is 1. The minimum absolute atomic E-state index is 0.0964. The van der Waals surface area contributed by atoms with Crippen molar-refractivity contribution in [3.05, 3.63) is 48.2 Å². The van der Waals surface area contributed by atoms with Gasteiger partial charge in [0.2, 0.25) is 15.9 Å². The van der Waals surface area contributed by atoms with Gasteiger partial charge in [0.1, 0.15) is 11.3 Å². The van der Waals surface area contributed by atoms with Gasteiger partial charge < -0.3 is 24.1 Å². The summed E-state index contributed by atoms with van der Waals surface area (Å²) in [7, 11) is -2.10. The van der Waals surface area contributed by atoms with E-state index in [9.17, 15) is 13.2 Å². The van der Waals surface area contributed by atoms with E-state index in [2.05, 4.69) is 10.2 Å². The smallest absolute Gasteiger partial charge is 0.243 e. The fraction of sp³-hybridized carbons (Fsp3) is 0.400. The van der Waals surface area contributed by atoms with Crippen LogP contribution < -0.4 is 15.0 Å². The van der Waals surface area contributed by atoms with Crippen LogP contribution >= 0.6 is 0 Å². The number of furan rings is 1. The molecule has 10 heteroatoms. The van der Waals surface area contributed by atoms with E-state index in [-0.39, 0.29) is 17.2 Å². The van der Waals surface area contributed by atoms with Crippen molar-refractivity contribution in [2.24, 2.45) is 0 Å². The minimum Gasteiger partial charge on any atom is -0.497 e. The number of hydrogen-bond acceptors (Lipinski definition) is 7. The molecule has 5 rings (SSSR count). The van der Waals surface area contributed by atoms with Gasteiger partial charge in [-0.2, -0.15) is 4.31 Å². The van der Waals surface area contributed by atoms with Crippen molar-refractivity contribution in [3.8, 4) is 5.75 Å². The zero-order valence-electron chi connectivity index (χ0n) is 19.7. The van der Waals surface area contributed by atoms with Gasteiger partial charge in [-0.05, 0) is 43.2 Å². The van der Waals surface area contributed by atoms with Crippen LogP contribution in [0.4, 0.5) is 11.4 Å². The zero-order chi connectivity index (χ0) is 24.4.